The molecule has 0 saturated carbocycles. The lowest BCUT2D eigenvalue weighted by molar-refractivity contribution is -0.203. The van der Waals surface area contributed by atoms with Crippen LogP contribution in [0, 0.1) is 0 Å². The molecule has 10 nitrogen and oxygen atoms in total. The van der Waals surface area contributed by atoms with Crippen LogP contribution in [-0.4, -0.2) is 93.0 Å². The fourth-order valence-electron chi connectivity index (χ4n) is 2.66. The van der Waals surface area contributed by atoms with Crippen LogP contribution in [0.15, 0.2) is 0 Å². The maximum absolute atomic E-state index is 12.4. The van der Waals surface area contributed by atoms with E-state index in [1.54, 1.807) is 0 Å². The molecule has 0 aromatic heterocycles. The molecule has 24 heavy (non-hydrogen) atoms. The Morgan fingerprint density at radius 2 is 1.62 bits per heavy atom. The van der Waals surface area contributed by atoms with E-state index in [1.165, 1.54) is 4.90 Å². The summed E-state index contributed by atoms with van der Waals surface area (Å²) in [6.07, 6.45) is -0.884. The number of methoxy groups -OCH3 is 3. The van der Waals surface area contributed by atoms with Gasteiger partial charge in [0.25, 0.3) is 0 Å². The van der Waals surface area contributed by atoms with Gasteiger partial charge >= 0.3 is 17.9 Å². The second-order valence-corrected chi connectivity index (χ2v) is 5.08. The summed E-state index contributed by atoms with van der Waals surface area (Å²) in [5.41, 5.74) is -5.31. The molecule has 1 aliphatic rings. The lowest BCUT2D eigenvalue weighted by Crippen LogP contribution is -2.75. The first-order valence-corrected chi connectivity index (χ1v) is 7.09. The first-order valence-electron chi connectivity index (χ1n) is 7.09. The van der Waals surface area contributed by atoms with E-state index < -0.39 is 35.5 Å². The van der Waals surface area contributed by atoms with E-state index in [1.807, 2.05) is 0 Å². The average Bonchev–Trinajstić information content (AvgIpc) is 2.62. The van der Waals surface area contributed by atoms with E-state index in [0.29, 0.717) is 0 Å². The van der Waals surface area contributed by atoms with E-state index in [9.17, 15) is 24.3 Å². The minimum atomic E-state index is -2.83. The summed E-state index contributed by atoms with van der Waals surface area (Å²) >= 11 is 0. The number of hydrogen-bond donors (Lipinski definition) is 1. The molecule has 0 aromatic rings. The van der Waals surface area contributed by atoms with E-state index in [2.05, 4.69) is 14.2 Å². The molecule has 0 spiro atoms. The molecule has 1 rings (SSSR count). The quantitative estimate of drug-likeness (QED) is 0.236. The minimum Gasteiger partial charge on any atom is -0.469 e. The molecular weight excluding hydrogens is 326 g/mol. The van der Waals surface area contributed by atoms with Gasteiger partial charge in [0.05, 0.1) is 41.0 Å². The molecule has 136 valence electrons. The zero-order chi connectivity index (χ0) is 18.4. The Labute approximate surface area is 138 Å². The third-order valence-corrected chi connectivity index (χ3v) is 3.96. The highest BCUT2D eigenvalue weighted by Gasteiger charge is 2.67. The SMILES string of the molecule is COC(=O)CC(O)(C(=O)OC)C(C=O)(C(=O)OC)N1CCOCC1. The zero-order valence-electron chi connectivity index (χ0n) is 13.8. The van der Waals surface area contributed by atoms with Crippen LogP contribution >= 0.6 is 0 Å². The van der Waals surface area contributed by atoms with Crippen molar-refractivity contribution in [3.63, 3.8) is 0 Å². The van der Waals surface area contributed by atoms with Crippen molar-refractivity contribution < 1.29 is 43.2 Å². The van der Waals surface area contributed by atoms with Gasteiger partial charge in [-0.3, -0.25) is 9.69 Å². The predicted octanol–water partition coefficient (Wildman–Crippen LogP) is -2.10. The molecule has 2 atom stereocenters. The van der Waals surface area contributed by atoms with Crippen molar-refractivity contribution >= 4 is 24.2 Å². The fraction of sp³-hybridized carbons (Fsp3) is 0.714. The van der Waals surface area contributed by atoms with Crippen molar-refractivity contribution in [2.24, 2.45) is 0 Å². The highest BCUT2D eigenvalue weighted by molar-refractivity contribution is 6.07. The number of aliphatic hydroxyl groups is 1. The Morgan fingerprint density at radius 3 is 2.04 bits per heavy atom. The number of nitrogens with zero attached hydrogens (tertiary/aromatic N) is 1. The van der Waals surface area contributed by atoms with Crippen molar-refractivity contribution in [3.05, 3.63) is 0 Å². The van der Waals surface area contributed by atoms with Gasteiger partial charge in [-0.2, -0.15) is 0 Å². The fourth-order valence-corrected chi connectivity index (χ4v) is 2.66. The van der Waals surface area contributed by atoms with Gasteiger partial charge in [-0.05, 0) is 0 Å². The highest BCUT2D eigenvalue weighted by atomic mass is 16.6. The van der Waals surface area contributed by atoms with Crippen molar-refractivity contribution in [3.8, 4) is 0 Å². The minimum absolute atomic E-state index is 0.0499. The van der Waals surface area contributed by atoms with E-state index in [4.69, 9.17) is 4.74 Å². The number of hydrogen-bond acceptors (Lipinski definition) is 10. The summed E-state index contributed by atoms with van der Waals surface area (Å²) in [6, 6.07) is 0. The molecular formula is C14H21NO9. The Morgan fingerprint density at radius 1 is 1.08 bits per heavy atom. The van der Waals surface area contributed by atoms with Gasteiger partial charge in [-0.1, -0.05) is 0 Å². The van der Waals surface area contributed by atoms with Gasteiger partial charge in [-0.25, -0.2) is 9.59 Å². The number of carbonyl (C=O) groups excluding carboxylic acids is 4. The Kier molecular flexibility index (Phi) is 6.81. The number of ether oxygens (including phenoxy) is 4. The molecule has 0 aliphatic carbocycles. The van der Waals surface area contributed by atoms with E-state index in [0.717, 1.165) is 21.3 Å². The van der Waals surface area contributed by atoms with Crippen LogP contribution in [0.5, 0.6) is 0 Å². The third kappa shape index (κ3) is 3.25. The van der Waals surface area contributed by atoms with Gasteiger partial charge in [0.15, 0.2) is 6.29 Å². The largest absolute Gasteiger partial charge is 0.469 e. The van der Waals surface area contributed by atoms with Crippen LogP contribution in [0.25, 0.3) is 0 Å². The number of rotatable bonds is 7. The smallest absolute Gasteiger partial charge is 0.341 e. The van der Waals surface area contributed by atoms with Gasteiger partial charge in [-0.15, -0.1) is 0 Å². The van der Waals surface area contributed by atoms with Crippen molar-refractivity contribution in [1.29, 1.82) is 0 Å². The highest BCUT2D eigenvalue weighted by Crippen LogP contribution is 2.34. The first-order chi connectivity index (χ1) is 11.3. The molecule has 10 heteroatoms. The summed E-state index contributed by atoms with van der Waals surface area (Å²) < 4.78 is 18.8. The maximum Gasteiger partial charge on any atom is 0.341 e. The average molecular weight is 347 g/mol. The molecule has 0 bridgehead atoms. The van der Waals surface area contributed by atoms with Crippen molar-refractivity contribution in [1.82, 2.24) is 4.90 Å². The van der Waals surface area contributed by atoms with Crippen molar-refractivity contribution in [2.45, 2.75) is 17.6 Å². The van der Waals surface area contributed by atoms with Crippen LogP contribution in [0.4, 0.5) is 0 Å². The molecule has 1 N–H and O–H groups in total. The summed E-state index contributed by atoms with van der Waals surface area (Å²) in [5, 5.41) is 11.0. The second kappa shape index (κ2) is 8.18. The lowest BCUT2D eigenvalue weighted by atomic mass is 9.76. The molecule has 1 saturated heterocycles. The third-order valence-electron chi connectivity index (χ3n) is 3.96. The second-order valence-electron chi connectivity index (χ2n) is 5.08. The number of esters is 3. The normalized spacial score (nSPS) is 20.2. The zero-order valence-corrected chi connectivity index (χ0v) is 13.8. The van der Waals surface area contributed by atoms with Gasteiger partial charge in [0.1, 0.15) is 0 Å². The molecule has 1 heterocycles. The van der Waals surface area contributed by atoms with Crippen molar-refractivity contribution in [2.75, 3.05) is 47.6 Å². The van der Waals surface area contributed by atoms with Gasteiger partial charge < -0.3 is 28.8 Å². The Balaban J connectivity index is 3.54. The molecule has 0 aromatic carbocycles. The summed E-state index contributed by atoms with van der Waals surface area (Å²) in [5.74, 6) is -3.54. The number of aldehydes is 1. The summed E-state index contributed by atoms with van der Waals surface area (Å²) in [4.78, 5) is 49.6. The first kappa shape index (κ1) is 20.0. The topological polar surface area (TPSA) is 129 Å². The van der Waals surface area contributed by atoms with Crippen LogP contribution < -0.4 is 0 Å². The summed E-state index contributed by atoms with van der Waals surface area (Å²) in [6.45, 7) is 0.409. The Hall–Kier alpha value is -2.04. The number of carbonyl (C=O) groups is 4. The monoisotopic (exact) mass is 347 g/mol. The molecule has 0 radical (unpaired) electrons. The predicted molar refractivity (Wildman–Crippen MR) is 76.8 cm³/mol. The molecule has 2 unspecified atom stereocenters. The van der Waals surface area contributed by atoms with E-state index in [-0.39, 0.29) is 32.6 Å². The number of morpholine rings is 1. The standard InChI is InChI=1S/C14H21NO9/c1-21-10(17)8-14(20,12(19)23-3)13(9-16,11(18)22-2)15-4-6-24-7-5-15/h9,20H,4-8H2,1-3H3. The van der Waals surface area contributed by atoms with Crippen LogP contribution in [0.1, 0.15) is 6.42 Å². The molecule has 0 amide bonds. The lowest BCUT2D eigenvalue weighted by Gasteiger charge is -2.46. The van der Waals surface area contributed by atoms with Crippen LogP contribution in [0.2, 0.25) is 0 Å². The van der Waals surface area contributed by atoms with E-state index >= 15 is 0 Å². The Bertz CT molecular complexity index is 502. The molecule has 1 aliphatic heterocycles. The molecule has 1 fully saturated rings. The summed E-state index contributed by atoms with van der Waals surface area (Å²) in [7, 11) is 2.99. The van der Waals surface area contributed by atoms with Crippen LogP contribution in [0.3, 0.4) is 0 Å². The van der Waals surface area contributed by atoms with Gasteiger partial charge in [0, 0.05) is 13.1 Å². The van der Waals surface area contributed by atoms with Gasteiger partial charge in [0.2, 0.25) is 11.1 Å². The maximum atomic E-state index is 12.4. The van der Waals surface area contributed by atoms with Crippen LogP contribution in [-0.2, 0) is 38.1 Å².